The summed E-state index contributed by atoms with van der Waals surface area (Å²) in [6.07, 6.45) is 0.443. The van der Waals surface area contributed by atoms with Crippen molar-refractivity contribution in [1.82, 2.24) is 20.0 Å². The van der Waals surface area contributed by atoms with E-state index in [4.69, 9.17) is 25.8 Å². The Bertz CT molecular complexity index is 1260. The summed E-state index contributed by atoms with van der Waals surface area (Å²) in [7, 11) is 0. The summed E-state index contributed by atoms with van der Waals surface area (Å²) in [5.41, 5.74) is 0.459. The third-order valence-electron chi connectivity index (χ3n) is 5.36. The van der Waals surface area contributed by atoms with Crippen molar-refractivity contribution in [1.29, 1.82) is 0 Å². The number of aromatic nitrogens is 3. The van der Waals surface area contributed by atoms with Crippen LogP contribution in [-0.2, 0) is 9.47 Å². The lowest BCUT2D eigenvalue weighted by atomic mass is 9.95. The smallest absolute Gasteiger partial charge is 0.439 e. The molecular formula is C24H26ClFN4O6. The molecule has 0 spiro atoms. The Kier molecular flexibility index (Phi) is 7.60. The highest BCUT2D eigenvalue weighted by molar-refractivity contribution is 6.30. The number of amides is 1. The fraction of sp³-hybridized carbons (Fsp3) is 0.417. The van der Waals surface area contributed by atoms with Crippen molar-refractivity contribution in [3.63, 3.8) is 0 Å². The maximum Gasteiger partial charge on any atom is 0.439 e. The van der Waals surface area contributed by atoms with Crippen molar-refractivity contribution >= 4 is 17.7 Å². The molecule has 2 atom stereocenters. The first-order valence-corrected chi connectivity index (χ1v) is 11.7. The Morgan fingerprint density at radius 3 is 2.75 bits per heavy atom. The number of aromatic amines is 1. The molecule has 0 saturated carbocycles. The van der Waals surface area contributed by atoms with E-state index in [1.165, 1.54) is 18.3 Å². The molecule has 12 heteroatoms. The summed E-state index contributed by atoms with van der Waals surface area (Å²) >= 11 is 5.87. The van der Waals surface area contributed by atoms with Gasteiger partial charge in [-0.2, -0.15) is 0 Å². The second kappa shape index (κ2) is 10.7. The number of nitrogens with one attached hydrogen (secondary N) is 1. The van der Waals surface area contributed by atoms with Gasteiger partial charge in [-0.1, -0.05) is 22.8 Å². The SMILES string of the molecule is CC(C)(C)OC(=O)N1CCO[C@@H](c2ccc(Cl)c(F)c2)[C@H](COc2ccc(-c3noc(=O)[nH]3)cn2)C1. The summed E-state index contributed by atoms with van der Waals surface area (Å²) < 4.78 is 36.3. The normalized spacial score (nSPS) is 18.5. The molecular weight excluding hydrogens is 495 g/mol. The third kappa shape index (κ3) is 6.41. The third-order valence-corrected chi connectivity index (χ3v) is 5.67. The summed E-state index contributed by atoms with van der Waals surface area (Å²) in [6.45, 7) is 6.28. The highest BCUT2D eigenvalue weighted by Crippen LogP contribution is 2.32. The number of H-pyrrole nitrogens is 1. The van der Waals surface area contributed by atoms with Crippen LogP contribution in [0, 0.1) is 11.7 Å². The van der Waals surface area contributed by atoms with Crippen LogP contribution in [0.2, 0.25) is 5.02 Å². The zero-order valence-corrected chi connectivity index (χ0v) is 20.8. The van der Waals surface area contributed by atoms with Crippen LogP contribution in [0.4, 0.5) is 9.18 Å². The van der Waals surface area contributed by atoms with Gasteiger partial charge in [-0.05, 0) is 44.5 Å². The average Bonchev–Trinajstić information content (AvgIpc) is 3.14. The lowest BCUT2D eigenvalue weighted by Gasteiger charge is -2.29. The van der Waals surface area contributed by atoms with Gasteiger partial charge < -0.3 is 19.1 Å². The molecule has 3 heterocycles. The molecule has 192 valence electrons. The van der Waals surface area contributed by atoms with Gasteiger partial charge in [0.05, 0.1) is 24.3 Å². The molecule has 2 aromatic heterocycles. The second-order valence-electron chi connectivity index (χ2n) is 9.29. The molecule has 4 rings (SSSR count). The van der Waals surface area contributed by atoms with E-state index in [1.54, 1.807) is 43.9 Å². The van der Waals surface area contributed by atoms with Crippen LogP contribution < -0.4 is 10.5 Å². The summed E-state index contributed by atoms with van der Waals surface area (Å²) in [6, 6.07) is 7.77. The maximum absolute atomic E-state index is 14.2. The van der Waals surface area contributed by atoms with Crippen LogP contribution in [0.3, 0.4) is 0 Å². The zero-order valence-electron chi connectivity index (χ0n) is 20.0. The standard InChI is InChI=1S/C24H26ClFN4O6/c1-24(2,3)35-23(32)30-8-9-33-20(14-4-6-17(25)18(26)10-14)16(12-30)13-34-19-7-5-15(11-27-19)21-28-22(31)36-29-21/h4-7,10-11,16,20H,8-9,12-13H2,1-3H3,(H,28,29,31)/t16-,20-/m0/s1. The number of pyridine rings is 1. The minimum Gasteiger partial charge on any atom is -0.477 e. The van der Waals surface area contributed by atoms with Crippen molar-refractivity contribution in [2.24, 2.45) is 5.92 Å². The number of halogens is 2. The number of hydrogen-bond acceptors (Lipinski definition) is 8. The van der Waals surface area contributed by atoms with Crippen LogP contribution in [-0.4, -0.2) is 58.0 Å². The molecule has 0 bridgehead atoms. The van der Waals surface area contributed by atoms with Gasteiger partial charge >= 0.3 is 11.8 Å². The Morgan fingerprint density at radius 1 is 1.31 bits per heavy atom. The molecule has 0 unspecified atom stereocenters. The number of nitrogens with zero attached hydrogens (tertiary/aromatic N) is 3. The van der Waals surface area contributed by atoms with E-state index in [-0.39, 0.29) is 36.5 Å². The Hall–Kier alpha value is -3.44. The van der Waals surface area contributed by atoms with E-state index in [9.17, 15) is 14.0 Å². The van der Waals surface area contributed by atoms with Gasteiger partial charge in [-0.25, -0.2) is 19.0 Å². The maximum atomic E-state index is 14.2. The van der Waals surface area contributed by atoms with Crippen LogP contribution in [0.15, 0.2) is 45.8 Å². The molecule has 1 aliphatic rings. The zero-order chi connectivity index (χ0) is 25.9. The summed E-state index contributed by atoms with van der Waals surface area (Å²) in [5.74, 6) is -1.06. The highest BCUT2D eigenvalue weighted by Gasteiger charge is 2.34. The first-order valence-electron chi connectivity index (χ1n) is 11.3. The fourth-order valence-corrected chi connectivity index (χ4v) is 3.86. The molecule has 0 radical (unpaired) electrons. The monoisotopic (exact) mass is 520 g/mol. The first-order chi connectivity index (χ1) is 17.1. The molecule has 1 aromatic carbocycles. The molecule has 1 fully saturated rings. The molecule has 1 aliphatic heterocycles. The fourth-order valence-electron chi connectivity index (χ4n) is 3.74. The predicted molar refractivity (Wildman–Crippen MR) is 127 cm³/mol. The molecule has 1 amide bonds. The predicted octanol–water partition coefficient (Wildman–Crippen LogP) is 4.22. The van der Waals surface area contributed by atoms with E-state index >= 15 is 0 Å². The Balaban J connectivity index is 1.53. The van der Waals surface area contributed by atoms with E-state index in [2.05, 4.69) is 19.6 Å². The number of hydrogen-bond donors (Lipinski definition) is 1. The quantitative estimate of drug-likeness (QED) is 0.531. The average molecular weight is 521 g/mol. The van der Waals surface area contributed by atoms with Crippen LogP contribution >= 0.6 is 11.6 Å². The van der Waals surface area contributed by atoms with Crippen molar-refractivity contribution in [2.45, 2.75) is 32.5 Å². The van der Waals surface area contributed by atoms with Gasteiger partial charge in [0.25, 0.3) is 0 Å². The van der Waals surface area contributed by atoms with Crippen LogP contribution in [0.1, 0.15) is 32.4 Å². The van der Waals surface area contributed by atoms with Crippen molar-refractivity contribution < 1.29 is 27.9 Å². The second-order valence-corrected chi connectivity index (χ2v) is 9.70. The van der Waals surface area contributed by atoms with E-state index in [0.717, 1.165) is 0 Å². The van der Waals surface area contributed by atoms with Gasteiger partial charge in [0, 0.05) is 36.8 Å². The number of carbonyl (C=O) groups is 1. The minimum absolute atomic E-state index is 0.00769. The van der Waals surface area contributed by atoms with Gasteiger partial charge in [0.2, 0.25) is 5.88 Å². The molecule has 10 nitrogen and oxygen atoms in total. The number of benzene rings is 1. The van der Waals surface area contributed by atoms with E-state index in [1.807, 2.05) is 0 Å². The van der Waals surface area contributed by atoms with Crippen molar-refractivity contribution in [3.8, 4) is 17.3 Å². The molecule has 36 heavy (non-hydrogen) atoms. The van der Waals surface area contributed by atoms with Gasteiger partial charge in [0.1, 0.15) is 11.4 Å². The number of carbonyl (C=O) groups excluding carboxylic acids is 1. The Labute approximate surface area is 211 Å². The lowest BCUT2D eigenvalue weighted by molar-refractivity contribution is 0.0140. The first kappa shape index (κ1) is 25.6. The van der Waals surface area contributed by atoms with Crippen molar-refractivity contribution in [2.75, 3.05) is 26.3 Å². The van der Waals surface area contributed by atoms with Gasteiger partial charge in [-0.15, -0.1) is 0 Å². The summed E-state index contributed by atoms with van der Waals surface area (Å²) in [4.78, 5) is 32.2. The molecule has 3 aromatic rings. The molecule has 1 saturated heterocycles. The topological polar surface area (TPSA) is 120 Å². The summed E-state index contributed by atoms with van der Waals surface area (Å²) in [5, 5.41) is 3.63. The largest absolute Gasteiger partial charge is 0.477 e. The molecule has 1 N–H and O–H groups in total. The van der Waals surface area contributed by atoms with Crippen molar-refractivity contribution in [3.05, 3.63) is 63.5 Å². The van der Waals surface area contributed by atoms with E-state index in [0.29, 0.717) is 23.6 Å². The van der Waals surface area contributed by atoms with Gasteiger partial charge in [-0.3, -0.25) is 9.51 Å². The van der Waals surface area contributed by atoms with Crippen LogP contribution in [0.5, 0.6) is 5.88 Å². The highest BCUT2D eigenvalue weighted by atomic mass is 35.5. The molecule has 0 aliphatic carbocycles. The van der Waals surface area contributed by atoms with Gasteiger partial charge in [0.15, 0.2) is 5.82 Å². The van der Waals surface area contributed by atoms with E-state index < -0.39 is 29.4 Å². The Morgan fingerprint density at radius 2 is 2.11 bits per heavy atom. The lowest BCUT2D eigenvalue weighted by Crippen LogP contribution is -2.41. The number of ether oxygens (including phenoxy) is 3. The number of rotatable bonds is 5. The van der Waals surface area contributed by atoms with Crippen LogP contribution in [0.25, 0.3) is 11.4 Å². The minimum atomic E-state index is -0.669.